The summed E-state index contributed by atoms with van der Waals surface area (Å²) < 4.78 is 6.92. The number of aromatic nitrogens is 4. The average molecular weight is 442 g/mol. The van der Waals surface area contributed by atoms with Crippen LogP contribution in [0.25, 0.3) is 5.82 Å². The number of methoxy groups -OCH3 is 1. The van der Waals surface area contributed by atoms with E-state index in [1.54, 1.807) is 34.9 Å². The third kappa shape index (κ3) is 4.56. The second-order valence-electron chi connectivity index (χ2n) is 7.34. The summed E-state index contributed by atoms with van der Waals surface area (Å²) in [7, 11) is 1.55. The van der Waals surface area contributed by atoms with Crippen molar-refractivity contribution in [3.8, 4) is 11.6 Å². The zero-order valence-corrected chi connectivity index (χ0v) is 18.4. The fourth-order valence-corrected chi connectivity index (χ4v) is 3.80. The van der Waals surface area contributed by atoms with Gasteiger partial charge in [0.25, 0.3) is 0 Å². The van der Waals surface area contributed by atoms with Gasteiger partial charge in [-0.15, -0.1) is 10.2 Å². The number of ether oxygens (including phenoxy) is 1. The first-order chi connectivity index (χ1) is 14.9. The van der Waals surface area contributed by atoms with Crippen LogP contribution >= 0.6 is 11.6 Å². The molecule has 3 heterocycles. The van der Waals surface area contributed by atoms with Gasteiger partial charge in [0, 0.05) is 37.6 Å². The van der Waals surface area contributed by atoms with E-state index in [-0.39, 0.29) is 6.03 Å². The minimum absolute atomic E-state index is 0.160. The molecule has 1 fully saturated rings. The van der Waals surface area contributed by atoms with E-state index in [1.807, 2.05) is 32.0 Å². The highest BCUT2D eigenvalue weighted by atomic mass is 35.5. The van der Waals surface area contributed by atoms with Gasteiger partial charge >= 0.3 is 6.03 Å². The molecule has 162 valence electrons. The largest absolute Gasteiger partial charge is 0.495 e. The minimum Gasteiger partial charge on any atom is -0.495 e. The molecule has 1 aliphatic heterocycles. The van der Waals surface area contributed by atoms with Gasteiger partial charge in [-0.1, -0.05) is 11.6 Å². The van der Waals surface area contributed by atoms with Crippen LogP contribution in [0, 0.1) is 13.8 Å². The molecule has 0 radical (unpaired) electrons. The van der Waals surface area contributed by atoms with Gasteiger partial charge < -0.3 is 19.9 Å². The average Bonchev–Trinajstić information content (AvgIpc) is 3.12. The Morgan fingerprint density at radius 3 is 2.32 bits per heavy atom. The number of piperazine rings is 1. The summed E-state index contributed by atoms with van der Waals surface area (Å²) in [6.45, 7) is 6.44. The molecule has 0 spiro atoms. The Kier molecular flexibility index (Phi) is 5.94. The molecule has 0 bridgehead atoms. The van der Waals surface area contributed by atoms with Crippen molar-refractivity contribution in [2.75, 3.05) is 43.5 Å². The number of carbonyl (C=O) groups is 1. The topological polar surface area (TPSA) is 88.4 Å². The first-order valence-corrected chi connectivity index (χ1v) is 10.3. The van der Waals surface area contributed by atoms with E-state index in [2.05, 4.69) is 25.5 Å². The quantitative estimate of drug-likeness (QED) is 0.668. The zero-order chi connectivity index (χ0) is 22.0. The molecular formula is C21H24ClN7O2. The summed E-state index contributed by atoms with van der Waals surface area (Å²) in [4.78, 5) is 16.5. The van der Waals surface area contributed by atoms with Crippen LogP contribution in [0.1, 0.15) is 11.4 Å². The molecule has 0 aliphatic carbocycles. The molecule has 1 aliphatic rings. The number of nitrogens with one attached hydrogen (secondary N) is 1. The molecule has 10 heteroatoms. The lowest BCUT2D eigenvalue weighted by Gasteiger charge is -2.35. The fraction of sp³-hybridized carbons (Fsp3) is 0.333. The number of halogens is 1. The van der Waals surface area contributed by atoms with Gasteiger partial charge in [0.15, 0.2) is 11.6 Å². The maximum absolute atomic E-state index is 12.6. The maximum atomic E-state index is 12.6. The number of aryl methyl sites for hydroxylation is 2. The molecular weight excluding hydrogens is 418 g/mol. The van der Waals surface area contributed by atoms with E-state index in [9.17, 15) is 4.79 Å². The smallest absolute Gasteiger partial charge is 0.321 e. The highest BCUT2D eigenvalue weighted by Crippen LogP contribution is 2.27. The van der Waals surface area contributed by atoms with Gasteiger partial charge in [-0.2, -0.15) is 5.10 Å². The zero-order valence-electron chi connectivity index (χ0n) is 17.7. The molecule has 0 atom stereocenters. The van der Waals surface area contributed by atoms with Crippen LogP contribution < -0.4 is 15.0 Å². The Hall–Kier alpha value is -3.33. The fourth-order valence-electron chi connectivity index (χ4n) is 3.55. The van der Waals surface area contributed by atoms with E-state index in [1.165, 1.54) is 0 Å². The number of carbonyl (C=O) groups excluding carboxylic acids is 1. The lowest BCUT2D eigenvalue weighted by atomic mass is 10.3. The Morgan fingerprint density at radius 1 is 1.03 bits per heavy atom. The first-order valence-electron chi connectivity index (χ1n) is 9.96. The van der Waals surface area contributed by atoms with Gasteiger partial charge in [-0.3, -0.25) is 0 Å². The Labute approximate surface area is 185 Å². The summed E-state index contributed by atoms with van der Waals surface area (Å²) in [5.41, 5.74) is 2.58. The van der Waals surface area contributed by atoms with Crippen molar-refractivity contribution in [2.45, 2.75) is 13.8 Å². The predicted octanol–water partition coefficient (Wildman–Crippen LogP) is 3.30. The lowest BCUT2D eigenvalue weighted by Crippen LogP contribution is -2.50. The number of hydrogen-bond acceptors (Lipinski definition) is 6. The van der Waals surface area contributed by atoms with Crippen LogP contribution in [0.3, 0.4) is 0 Å². The second kappa shape index (κ2) is 8.81. The summed E-state index contributed by atoms with van der Waals surface area (Å²) in [5.74, 6) is 2.04. The maximum Gasteiger partial charge on any atom is 0.321 e. The van der Waals surface area contributed by atoms with E-state index >= 15 is 0 Å². The van der Waals surface area contributed by atoms with Crippen LogP contribution in [0.5, 0.6) is 5.75 Å². The summed E-state index contributed by atoms with van der Waals surface area (Å²) >= 11 is 6.13. The highest BCUT2D eigenvalue weighted by molar-refractivity contribution is 6.32. The number of benzene rings is 1. The number of nitrogens with zero attached hydrogens (tertiary/aromatic N) is 6. The van der Waals surface area contributed by atoms with Crippen LogP contribution in [0.4, 0.5) is 16.3 Å². The minimum atomic E-state index is -0.160. The third-order valence-corrected chi connectivity index (χ3v) is 5.45. The van der Waals surface area contributed by atoms with Gasteiger partial charge in [-0.05, 0) is 50.2 Å². The molecule has 4 rings (SSSR count). The molecule has 0 unspecified atom stereocenters. The van der Waals surface area contributed by atoms with Crippen molar-refractivity contribution in [2.24, 2.45) is 0 Å². The SMILES string of the molecule is COc1ccc(NC(=O)N2CCN(c3ccc(-n4nc(C)cc4C)nn3)CC2)cc1Cl. The third-order valence-electron chi connectivity index (χ3n) is 5.16. The monoisotopic (exact) mass is 441 g/mol. The number of urea groups is 1. The van der Waals surface area contributed by atoms with Gasteiger partial charge in [-0.25, -0.2) is 9.48 Å². The molecule has 2 aromatic heterocycles. The van der Waals surface area contributed by atoms with Crippen molar-refractivity contribution in [3.63, 3.8) is 0 Å². The van der Waals surface area contributed by atoms with Crippen molar-refractivity contribution in [1.82, 2.24) is 24.9 Å². The van der Waals surface area contributed by atoms with Gasteiger partial charge in [0.2, 0.25) is 0 Å². The Balaban J connectivity index is 1.34. The van der Waals surface area contributed by atoms with Crippen LogP contribution in [-0.2, 0) is 0 Å². The lowest BCUT2D eigenvalue weighted by molar-refractivity contribution is 0.208. The summed E-state index contributed by atoms with van der Waals surface area (Å²) in [6, 6.07) is 10.9. The second-order valence-corrected chi connectivity index (χ2v) is 7.75. The van der Waals surface area contributed by atoms with Crippen molar-refractivity contribution >= 4 is 29.1 Å². The predicted molar refractivity (Wildman–Crippen MR) is 119 cm³/mol. The van der Waals surface area contributed by atoms with Gasteiger partial charge in [0.1, 0.15) is 5.75 Å². The molecule has 1 N–H and O–H groups in total. The summed E-state index contributed by atoms with van der Waals surface area (Å²) in [6.07, 6.45) is 0. The molecule has 2 amide bonds. The van der Waals surface area contributed by atoms with Gasteiger partial charge in [0.05, 0.1) is 17.8 Å². The highest BCUT2D eigenvalue weighted by Gasteiger charge is 2.22. The molecule has 1 saturated heterocycles. The molecule has 1 aromatic carbocycles. The summed E-state index contributed by atoms with van der Waals surface area (Å²) in [5, 5.41) is 16.5. The Bertz CT molecular complexity index is 1080. The number of rotatable bonds is 4. The van der Waals surface area contributed by atoms with Crippen molar-refractivity contribution in [1.29, 1.82) is 0 Å². The molecule has 0 saturated carbocycles. The first kappa shape index (κ1) is 20.9. The molecule has 9 nitrogen and oxygen atoms in total. The van der Waals surface area contributed by atoms with E-state index < -0.39 is 0 Å². The number of hydrogen-bond donors (Lipinski definition) is 1. The normalized spacial score (nSPS) is 13.9. The Morgan fingerprint density at radius 2 is 1.74 bits per heavy atom. The number of amides is 2. The molecule has 31 heavy (non-hydrogen) atoms. The standard InChI is InChI=1S/C21H24ClN7O2/c1-14-12-15(2)29(26-14)20-7-6-19(24-25-20)27-8-10-28(11-9-27)21(30)23-16-4-5-18(31-3)17(22)13-16/h4-7,12-13H,8-11H2,1-3H3,(H,23,30). The van der Waals surface area contributed by atoms with Crippen LogP contribution in [-0.4, -0.2) is 64.2 Å². The molecule has 3 aromatic rings. The van der Waals surface area contributed by atoms with Crippen LogP contribution in [0.2, 0.25) is 5.02 Å². The number of anilines is 2. The van der Waals surface area contributed by atoms with Crippen molar-refractivity contribution in [3.05, 3.63) is 52.8 Å². The van der Waals surface area contributed by atoms with Crippen LogP contribution in [0.15, 0.2) is 36.4 Å². The van der Waals surface area contributed by atoms with E-state index in [0.29, 0.717) is 48.5 Å². The van der Waals surface area contributed by atoms with E-state index in [0.717, 1.165) is 17.2 Å². The van der Waals surface area contributed by atoms with E-state index in [4.69, 9.17) is 16.3 Å². The van der Waals surface area contributed by atoms with Crippen molar-refractivity contribution < 1.29 is 9.53 Å².